The Labute approximate surface area is 145 Å². The maximum absolute atomic E-state index is 13.0. The van der Waals surface area contributed by atoms with Crippen LogP contribution in [0.3, 0.4) is 0 Å². The Morgan fingerprint density at radius 2 is 2.08 bits per heavy atom. The van der Waals surface area contributed by atoms with Crippen LogP contribution in [0.15, 0.2) is 18.2 Å². The molecule has 0 aliphatic carbocycles. The molecule has 4 N–H and O–H groups in total. The van der Waals surface area contributed by atoms with E-state index in [-0.39, 0.29) is 11.8 Å². The summed E-state index contributed by atoms with van der Waals surface area (Å²) in [5.41, 5.74) is 5.28. The number of benzene rings is 1. The molecule has 1 aliphatic rings. The SMILES string of the molecule is CCCCNc1ccc(C(F)(F)F)cc1NC(=O)[C@@H]1CC[C@H](CN)O1. The van der Waals surface area contributed by atoms with Crippen molar-refractivity contribution in [3.8, 4) is 0 Å². The van der Waals surface area contributed by atoms with Crippen molar-refractivity contribution >= 4 is 17.3 Å². The van der Waals surface area contributed by atoms with Gasteiger partial charge in [0, 0.05) is 13.1 Å². The van der Waals surface area contributed by atoms with Crippen molar-refractivity contribution < 1.29 is 22.7 Å². The van der Waals surface area contributed by atoms with E-state index < -0.39 is 23.8 Å². The molecule has 1 amide bonds. The van der Waals surface area contributed by atoms with Gasteiger partial charge >= 0.3 is 6.18 Å². The van der Waals surface area contributed by atoms with E-state index in [9.17, 15) is 18.0 Å². The predicted octanol–water partition coefficient (Wildman–Crippen LogP) is 3.36. The lowest BCUT2D eigenvalue weighted by Gasteiger charge is -2.18. The summed E-state index contributed by atoms with van der Waals surface area (Å²) >= 11 is 0. The molecule has 1 aromatic rings. The van der Waals surface area contributed by atoms with Crippen LogP contribution in [0, 0.1) is 0 Å². The van der Waals surface area contributed by atoms with Gasteiger partial charge in [-0.05, 0) is 37.5 Å². The van der Waals surface area contributed by atoms with Gasteiger partial charge in [0.1, 0.15) is 6.10 Å². The molecule has 0 bridgehead atoms. The number of ether oxygens (including phenoxy) is 1. The Morgan fingerprint density at radius 1 is 1.32 bits per heavy atom. The Hall–Kier alpha value is -1.80. The van der Waals surface area contributed by atoms with E-state index in [1.807, 2.05) is 6.92 Å². The summed E-state index contributed by atoms with van der Waals surface area (Å²) in [5.74, 6) is -0.450. The number of anilines is 2. The average Bonchev–Trinajstić information content (AvgIpc) is 3.04. The van der Waals surface area contributed by atoms with E-state index >= 15 is 0 Å². The normalized spacial score (nSPS) is 20.5. The number of amides is 1. The number of rotatable bonds is 7. The molecule has 1 fully saturated rings. The van der Waals surface area contributed by atoms with E-state index in [0.717, 1.165) is 25.0 Å². The number of carbonyl (C=O) groups is 1. The molecule has 8 heteroatoms. The Morgan fingerprint density at radius 3 is 2.68 bits per heavy atom. The molecule has 25 heavy (non-hydrogen) atoms. The summed E-state index contributed by atoms with van der Waals surface area (Å²) in [6, 6.07) is 3.29. The number of nitrogens with two attached hydrogens (primary N) is 1. The summed E-state index contributed by atoms with van der Waals surface area (Å²) < 4.78 is 44.4. The molecule has 140 valence electrons. The highest BCUT2D eigenvalue weighted by molar-refractivity contribution is 5.97. The molecular weight excluding hydrogens is 335 g/mol. The minimum Gasteiger partial charge on any atom is -0.383 e. The second-order valence-corrected chi connectivity index (χ2v) is 6.09. The molecule has 0 radical (unpaired) electrons. The van der Waals surface area contributed by atoms with Gasteiger partial charge in [-0.15, -0.1) is 0 Å². The fraction of sp³-hybridized carbons (Fsp3) is 0.588. The van der Waals surface area contributed by atoms with E-state index in [0.29, 0.717) is 31.6 Å². The Bertz CT molecular complexity index is 593. The average molecular weight is 359 g/mol. The van der Waals surface area contributed by atoms with Crippen molar-refractivity contribution in [1.82, 2.24) is 0 Å². The second-order valence-electron chi connectivity index (χ2n) is 6.09. The van der Waals surface area contributed by atoms with Crippen LogP contribution >= 0.6 is 0 Å². The third-order valence-electron chi connectivity index (χ3n) is 4.11. The van der Waals surface area contributed by atoms with Gasteiger partial charge in [0.2, 0.25) is 0 Å². The Kier molecular flexibility index (Phi) is 6.66. The lowest BCUT2D eigenvalue weighted by atomic mass is 10.1. The van der Waals surface area contributed by atoms with Crippen molar-refractivity contribution in [2.24, 2.45) is 5.73 Å². The smallest absolute Gasteiger partial charge is 0.383 e. The number of nitrogens with one attached hydrogen (secondary N) is 2. The molecule has 1 saturated heterocycles. The lowest BCUT2D eigenvalue weighted by molar-refractivity contribution is -0.137. The summed E-state index contributed by atoms with van der Waals surface area (Å²) in [5, 5.41) is 5.64. The minimum atomic E-state index is -4.48. The van der Waals surface area contributed by atoms with E-state index in [2.05, 4.69) is 10.6 Å². The maximum atomic E-state index is 13.0. The summed E-state index contributed by atoms with van der Waals surface area (Å²) in [7, 11) is 0. The molecule has 2 rings (SSSR count). The zero-order chi connectivity index (χ0) is 18.4. The molecule has 0 aromatic heterocycles. The Balaban J connectivity index is 2.15. The van der Waals surface area contributed by atoms with E-state index in [4.69, 9.17) is 10.5 Å². The van der Waals surface area contributed by atoms with Crippen LogP contribution < -0.4 is 16.4 Å². The fourth-order valence-corrected chi connectivity index (χ4v) is 2.66. The molecule has 1 heterocycles. The third-order valence-corrected chi connectivity index (χ3v) is 4.11. The van der Waals surface area contributed by atoms with Crippen molar-refractivity contribution in [3.63, 3.8) is 0 Å². The first-order valence-corrected chi connectivity index (χ1v) is 8.46. The van der Waals surface area contributed by atoms with E-state index in [1.165, 1.54) is 6.07 Å². The number of hydrogen-bond donors (Lipinski definition) is 3. The van der Waals surface area contributed by atoms with Crippen LogP contribution in [0.4, 0.5) is 24.5 Å². The first-order chi connectivity index (χ1) is 11.8. The highest BCUT2D eigenvalue weighted by Crippen LogP contribution is 2.34. The topological polar surface area (TPSA) is 76.4 Å². The summed E-state index contributed by atoms with van der Waals surface area (Å²) in [6.45, 7) is 2.94. The number of halogens is 3. The zero-order valence-corrected chi connectivity index (χ0v) is 14.2. The van der Waals surface area contributed by atoms with Gasteiger partial charge < -0.3 is 21.1 Å². The second kappa shape index (κ2) is 8.53. The first-order valence-electron chi connectivity index (χ1n) is 8.46. The van der Waals surface area contributed by atoms with Crippen LogP contribution in [-0.4, -0.2) is 31.2 Å². The largest absolute Gasteiger partial charge is 0.416 e. The quantitative estimate of drug-likeness (QED) is 0.653. The maximum Gasteiger partial charge on any atom is 0.416 e. The van der Waals surface area contributed by atoms with Gasteiger partial charge in [0.05, 0.1) is 23.0 Å². The first kappa shape index (κ1) is 19.5. The van der Waals surface area contributed by atoms with E-state index in [1.54, 1.807) is 0 Å². The van der Waals surface area contributed by atoms with Gasteiger partial charge in [-0.3, -0.25) is 4.79 Å². The van der Waals surface area contributed by atoms with Gasteiger partial charge in [-0.1, -0.05) is 13.3 Å². The lowest BCUT2D eigenvalue weighted by Crippen LogP contribution is -2.30. The molecule has 5 nitrogen and oxygen atoms in total. The number of unbranched alkanes of at least 4 members (excludes halogenated alkanes) is 1. The third kappa shape index (κ3) is 5.34. The molecule has 0 spiro atoms. The van der Waals surface area contributed by atoms with Crippen LogP contribution in [0.2, 0.25) is 0 Å². The standard InChI is InChI=1S/C17H24F3N3O2/c1-2-3-8-22-13-6-4-11(17(18,19)20)9-14(13)23-16(24)15-7-5-12(10-21)25-15/h4,6,9,12,15,22H,2-3,5,7-8,10,21H2,1H3,(H,23,24)/t12-,15+/m1/s1. The number of alkyl halides is 3. The molecule has 0 saturated carbocycles. The van der Waals surface area contributed by atoms with Crippen LogP contribution in [0.5, 0.6) is 0 Å². The predicted molar refractivity (Wildman–Crippen MR) is 90.4 cm³/mol. The minimum absolute atomic E-state index is 0.107. The zero-order valence-electron chi connectivity index (χ0n) is 14.2. The molecule has 1 aromatic carbocycles. The molecule has 0 unspecified atom stereocenters. The molecule has 1 aliphatic heterocycles. The highest BCUT2D eigenvalue weighted by atomic mass is 19.4. The van der Waals surface area contributed by atoms with Crippen molar-refractivity contribution in [2.45, 2.75) is 51.0 Å². The fourth-order valence-electron chi connectivity index (χ4n) is 2.66. The monoisotopic (exact) mass is 359 g/mol. The van der Waals surface area contributed by atoms with Gasteiger partial charge in [-0.2, -0.15) is 13.2 Å². The van der Waals surface area contributed by atoms with Crippen molar-refractivity contribution in [1.29, 1.82) is 0 Å². The van der Waals surface area contributed by atoms with Crippen LogP contribution in [0.1, 0.15) is 38.2 Å². The molecule has 2 atom stereocenters. The summed E-state index contributed by atoms with van der Waals surface area (Å²) in [4.78, 5) is 12.3. The number of carbonyl (C=O) groups excluding carboxylic acids is 1. The van der Waals surface area contributed by atoms with Gasteiger partial charge in [-0.25, -0.2) is 0 Å². The molecular formula is C17H24F3N3O2. The van der Waals surface area contributed by atoms with Gasteiger partial charge in [0.15, 0.2) is 0 Å². The van der Waals surface area contributed by atoms with Crippen LogP contribution in [-0.2, 0) is 15.7 Å². The van der Waals surface area contributed by atoms with Crippen LogP contribution in [0.25, 0.3) is 0 Å². The van der Waals surface area contributed by atoms with Crippen molar-refractivity contribution in [3.05, 3.63) is 23.8 Å². The van der Waals surface area contributed by atoms with Crippen molar-refractivity contribution in [2.75, 3.05) is 23.7 Å². The van der Waals surface area contributed by atoms with Gasteiger partial charge in [0.25, 0.3) is 5.91 Å². The number of hydrogen-bond acceptors (Lipinski definition) is 4. The highest BCUT2D eigenvalue weighted by Gasteiger charge is 2.33. The summed E-state index contributed by atoms with van der Waals surface area (Å²) in [6.07, 6.45) is -2.35.